The first-order valence-corrected chi connectivity index (χ1v) is 5.52. The van der Waals surface area contributed by atoms with Gasteiger partial charge in [0.25, 0.3) is 0 Å². The third-order valence-electron chi connectivity index (χ3n) is 3.23. The van der Waals surface area contributed by atoms with Crippen LogP contribution in [0.3, 0.4) is 0 Å². The van der Waals surface area contributed by atoms with Crippen LogP contribution < -0.4 is 0 Å². The molecule has 0 atom stereocenters. The topological polar surface area (TPSA) is 18.5 Å². The minimum absolute atomic E-state index is 0.440. The van der Waals surface area contributed by atoms with E-state index in [1.165, 1.54) is 36.8 Å². The summed E-state index contributed by atoms with van der Waals surface area (Å²) < 4.78 is 11.6. The average molecular weight is 198 g/mol. The molecule has 3 heteroatoms. The van der Waals surface area contributed by atoms with E-state index in [2.05, 4.69) is 13.1 Å². The van der Waals surface area contributed by atoms with Crippen molar-refractivity contribution in [3.8, 4) is 0 Å². The zero-order valence-electron chi connectivity index (χ0n) is 9.00. The fourth-order valence-electron chi connectivity index (χ4n) is 2.20. The van der Waals surface area contributed by atoms with Gasteiger partial charge in [-0.1, -0.05) is 0 Å². The monoisotopic (exact) mass is 198 g/mol. The van der Waals surface area contributed by atoms with E-state index in [9.17, 15) is 0 Å². The molecule has 80 valence electrons. The zero-order chi connectivity index (χ0) is 9.86. The van der Waals surface area contributed by atoms with Gasteiger partial charge in [0.2, 0.25) is 0 Å². The van der Waals surface area contributed by atoms with Crippen molar-refractivity contribution in [1.29, 1.82) is 0 Å². The van der Waals surface area contributed by atoms with Crippen molar-refractivity contribution >= 4 is 0 Å². The molecule has 0 spiro atoms. The molecule has 0 saturated carbocycles. The Hall–Kier alpha value is -0.540. The minimum Gasteiger partial charge on any atom is -0.470 e. The molecule has 2 aliphatic rings. The van der Waals surface area contributed by atoms with Crippen LogP contribution in [0.5, 0.6) is 0 Å². The van der Waals surface area contributed by atoms with Gasteiger partial charge in [0.05, 0.1) is 20.1 Å². The molecular weight excluding hydrogens is 178 g/mol. The highest BCUT2D eigenvalue weighted by Crippen LogP contribution is 2.17. The van der Waals surface area contributed by atoms with Crippen LogP contribution in [0.4, 0.5) is 0 Å². The number of ether oxygens (including phenoxy) is 2. The van der Waals surface area contributed by atoms with E-state index in [0.29, 0.717) is 13.4 Å². The molecule has 2 fully saturated rings. The van der Waals surface area contributed by atoms with Crippen LogP contribution in [0.2, 0.25) is 0 Å². The van der Waals surface area contributed by atoms with Gasteiger partial charge in [0, 0.05) is 6.08 Å². The van der Waals surface area contributed by atoms with E-state index in [1.807, 2.05) is 0 Å². The van der Waals surface area contributed by atoms with Crippen LogP contribution in [0.25, 0.3) is 0 Å². The second-order valence-electron chi connectivity index (χ2n) is 4.59. The molecule has 0 unspecified atom stereocenters. The number of hydrogen-bond donors (Lipinski definition) is 0. The van der Waals surface area contributed by atoms with Crippen LogP contribution in [0.15, 0.2) is 11.8 Å². The van der Waals surface area contributed by atoms with Crippen LogP contribution in [-0.2, 0) is 9.47 Å². The van der Waals surface area contributed by atoms with Gasteiger partial charge in [0.15, 0.2) is 6.79 Å². The number of quaternary nitrogens is 1. The first-order chi connectivity index (χ1) is 6.79. The third kappa shape index (κ3) is 2.49. The summed E-state index contributed by atoms with van der Waals surface area (Å²) in [7, 11) is 2.34. The maximum absolute atomic E-state index is 5.32. The molecule has 2 saturated heterocycles. The molecule has 2 heterocycles. The molecule has 3 nitrogen and oxygen atoms in total. The van der Waals surface area contributed by atoms with Gasteiger partial charge in [0.1, 0.15) is 18.9 Å². The number of rotatable bonds is 2. The van der Waals surface area contributed by atoms with Gasteiger partial charge in [-0.05, 0) is 19.3 Å². The van der Waals surface area contributed by atoms with E-state index >= 15 is 0 Å². The van der Waals surface area contributed by atoms with Gasteiger partial charge in [-0.25, -0.2) is 0 Å². The van der Waals surface area contributed by atoms with Gasteiger partial charge in [-0.15, -0.1) is 0 Å². The SMILES string of the molecule is C[N+]1(C/C=C2\COCO2)CCCCC1. The first-order valence-electron chi connectivity index (χ1n) is 5.52. The maximum atomic E-state index is 5.32. The van der Waals surface area contributed by atoms with Crippen LogP contribution in [-0.4, -0.2) is 44.6 Å². The van der Waals surface area contributed by atoms with Crippen molar-refractivity contribution in [2.45, 2.75) is 19.3 Å². The van der Waals surface area contributed by atoms with Gasteiger partial charge < -0.3 is 14.0 Å². The second-order valence-corrected chi connectivity index (χ2v) is 4.59. The Labute approximate surface area is 85.9 Å². The van der Waals surface area contributed by atoms with Gasteiger partial charge in [-0.3, -0.25) is 0 Å². The largest absolute Gasteiger partial charge is 0.470 e. The van der Waals surface area contributed by atoms with Crippen molar-refractivity contribution in [2.24, 2.45) is 0 Å². The van der Waals surface area contributed by atoms with E-state index < -0.39 is 0 Å². The molecular formula is C11H20NO2+. The summed E-state index contributed by atoms with van der Waals surface area (Å²) in [5.41, 5.74) is 0. The van der Waals surface area contributed by atoms with E-state index in [-0.39, 0.29) is 0 Å². The molecule has 2 rings (SSSR count). The molecule has 0 radical (unpaired) electrons. The van der Waals surface area contributed by atoms with E-state index in [1.54, 1.807) is 0 Å². The Bertz CT molecular complexity index is 211. The normalized spacial score (nSPS) is 29.1. The lowest BCUT2D eigenvalue weighted by atomic mass is 10.1. The standard InChI is InChI=1S/C11H20NO2/c1-12(6-3-2-4-7-12)8-5-11-9-13-10-14-11/h5H,2-4,6-10H2,1H3/q+1/b11-5+. The number of piperidine rings is 1. The summed E-state index contributed by atoms with van der Waals surface area (Å²) in [6.07, 6.45) is 6.36. The van der Waals surface area contributed by atoms with Gasteiger partial charge in [-0.2, -0.15) is 0 Å². The molecule has 14 heavy (non-hydrogen) atoms. The Balaban J connectivity index is 1.85. The molecule has 0 amide bonds. The number of hydrogen-bond acceptors (Lipinski definition) is 2. The highest BCUT2D eigenvalue weighted by Gasteiger charge is 2.23. The lowest BCUT2D eigenvalue weighted by Gasteiger charge is -2.36. The van der Waals surface area contributed by atoms with Crippen molar-refractivity contribution in [3.63, 3.8) is 0 Å². The van der Waals surface area contributed by atoms with Crippen molar-refractivity contribution in [2.75, 3.05) is 40.1 Å². The summed E-state index contributed by atoms with van der Waals surface area (Å²) in [6.45, 7) is 4.82. The molecule has 0 aromatic rings. The van der Waals surface area contributed by atoms with Crippen molar-refractivity contribution < 1.29 is 14.0 Å². The maximum Gasteiger partial charge on any atom is 0.189 e. The van der Waals surface area contributed by atoms with Crippen LogP contribution >= 0.6 is 0 Å². The zero-order valence-corrected chi connectivity index (χ0v) is 9.00. The molecule has 0 bridgehead atoms. The predicted octanol–water partition coefficient (Wildman–Crippen LogP) is 1.51. The Kier molecular flexibility index (Phi) is 3.08. The fourth-order valence-corrected chi connectivity index (χ4v) is 2.20. The van der Waals surface area contributed by atoms with Crippen molar-refractivity contribution in [3.05, 3.63) is 11.8 Å². The number of likely N-dealkylation sites (N-methyl/N-ethyl adjacent to an activating group) is 1. The van der Waals surface area contributed by atoms with Gasteiger partial charge >= 0.3 is 0 Å². The first kappa shape index (κ1) is 9.99. The quantitative estimate of drug-likeness (QED) is 0.626. The number of likely N-dealkylation sites (tertiary alicyclic amines) is 1. The van der Waals surface area contributed by atoms with Crippen molar-refractivity contribution in [1.82, 2.24) is 0 Å². The number of nitrogens with zero attached hydrogens (tertiary/aromatic N) is 1. The summed E-state index contributed by atoms with van der Waals surface area (Å²) >= 11 is 0. The highest BCUT2D eigenvalue weighted by atomic mass is 16.7. The van der Waals surface area contributed by atoms with E-state index in [0.717, 1.165) is 12.3 Å². The molecule has 2 aliphatic heterocycles. The Morgan fingerprint density at radius 3 is 2.71 bits per heavy atom. The van der Waals surface area contributed by atoms with Crippen LogP contribution in [0, 0.1) is 0 Å². The van der Waals surface area contributed by atoms with E-state index in [4.69, 9.17) is 9.47 Å². The molecule has 0 aromatic carbocycles. The Morgan fingerprint density at radius 1 is 1.29 bits per heavy atom. The second kappa shape index (κ2) is 4.32. The smallest absolute Gasteiger partial charge is 0.189 e. The predicted molar refractivity (Wildman–Crippen MR) is 54.6 cm³/mol. The summed E-state index contributed by atoms with van der Waals surface area (Å²) in [4.78, 5) is 0. The average Bonchev–Trinajstić information content (AvgIpc) is 2.69. The summed E-state index contributed by atoms with van der Waals surface area (Å²) in [5.74, 6) is 1.02. The summed E-state index contributed by atoms with van der Waals surface area (Å²) in [5, 5.41) is 0. The molecule has 0 N–H and O–H groups in total. The molecule has 0 aliphatic carbocycles. The lowest BCUT2D eigenvalue weighted by Crippen LogP contribution is -2.47. The van der Waals surface area contributed by atoms with Crippen LogP contribution in [0.1, 0.15) is 19.3 Å². The fraction of sp³-hybridized carbons (Fsp3) is 0.818. The Morgan fingerprint density at radius 2 is 2.07 bits per heavy atom. The summed E-state index contributed by atoms with van der Waals surface area (Å²) in [6, 6.07) is 0. The third-order valence-corrected chi connectivity index (χ3v) is 3.23. The lowest BCUT2D eigenvalue weighted by molar-refractivity contribution is -0.908. The highest BCUT2D eigenvalue weighted by molar-refractivity contribution is 4.95. The molecule has 0 aromatic heterocycles. The minimum atomic E-state index is 0.440.